The third-order valence-corrected chi connectivity index (χ3v) is 4.70. The fraction of sp³-hybridized carbons (Fsp3) is 0.529. The van der Waals surface area contributed by atoms with Crippen molar-refractivity contribution < 1.29 is 9.59 Å². The lowest BCUT2D eigenvalue weighted by Crippen LogP contribution is -2.35. The second kappa shape index (κ2) is 5.88. The van der Waals surface area contributed by atoms with E-state index in [1.165, 1.54) is 12.8 Å². The van der Waals surface area contributed by atoms with Gasteiger partial charge < -0.3 is 10.2 Å². The number of aryl methyl sites for hydroxylation is 1. The minimum absolute atomic E-state index is 0.0295. The van der Waals surface area contributed by atoms with Gasteiger partial charge in [-0.05, 0) is 31.4 Å². The monoisotopic (exact) mass is 286 g/mol. The topological polar surface area (TPSA) is 49.4 Å². The Balaban J connectivity index is 1.64. The minimum Gasteiger partial charge on any atom is -0.339 e. The third kappa shape index (κ3) is 2.94. The summed E-state index contributed by atoms with van der Waals surface area (Å²) >= 11 is 0. The molecule has 3 rings (SSSR count). The van der Waals surface area contributed by atoms with Gasteiger partial charge in [-0.2, -0.15) is 0 Å². The molecule has 0 spiro atoms. The molecule has 1 saturated heterocycles. The Morgan fingerprint density at radius 2 is 1.95 bits per heavy atom. The molecule has 1 aromatic rings. The van der Waals surface area contributed by atoms with Crippen LogP contribution in [0.2, 0.25) is 0 Å². The highest BCUT2D eigenvalue weighted by Crippen LogP contribution is 2.30. The molecule has 1 aliphatic carbocycles. The summed E-state index contributed by atoms with van der Waals surface area (Å²) < 4.78 is 0. The van der Waals surface area contributed by atoms with Gasteiger partial charge in [-0.25, -0.2) is 0 Å². The molecule has 1 unspecified atom stereocenters. The van der Waals surface area contributed by atoms with Gasteiger partial charge in [-0.1, -0.05) is 31.0 Å². The molecule has 1 atom stereocenters. The van der Waals surface area contributed by atoms with Gasteiger partial charge in [-0.15, -0.1) is 0 Å². The van der Waals surface area contributed by atoms with Gasteiger partial charge in [0.25, 0.3) is 0 Å². The average molecular weight is 286 g/mol. The number of hydrogen-bond donors (Lipinski definition) is 1. The maximum Gasteiger partial charge on any atom is 0.229 e. The van der Waals surface area contributed by atoms with Crippen LogP contribution in [0.15, 0.2) is 24.3 Å². The van der Waals surface area contributed by atoms with E-state index in [1.807, 2.05) is 36.1 Å². The predicted octanol–water partition coefficient (Wildman–Crippen LogP) is 2.72. The lowest BCUT2D eigenvalue weighted by atomic mass is 10.1. The summed E-state index contributed by atoms with van der Waals surface area (Å²) in [6.45, 7) is 2.56. The van der Waals surface area contributed by atoms with Crippen molar-refractivity contribution in [1.82, 2.24) is 4.90 Å². The molecule has 1 aromatic carbocycles. The van der Waals surface area contributed by atoms with Gasteiger partial charge in [-0.3, -0.25) is 9.59 Å². The summed E-state index contributed by atoms with van der Waals surface area (Å²) in [5, 5.41) is 2.97. The van der Waals surface area contributed by atoms with Crippen molar-refractivity contribution in [3.05, 3.63) is 29.8 Å². The van der Waals surface area contributed by atoms with Crippen LogP contribution in [0.1, 0.15) is 37.7 Å². The standard InChI is InChI=1S/C17H22N2O2/c1-12-6-2-5-9-15(12)18-17(21)13-10-16(20)19(11-13)14-7-3-4-8-14/h2,5-6,9,13-14H,3-4,7-8,10-11H2,1H3,(H,18,21). The number of carbonyl (C=O) groups is 2. The highest BCUT2D eigenvalue weighted by atomic mass is 16.2. The molecule has 2 fully saturated rings. The number of nitrogens with zero attached hydrogens (tertiary/aromatic N) is 1. The summed E-state index contributed by atoms with van der Waals surface area (Å²) in [5.41, 5.74) is 1.89. The van der Waals surface area contributed by atoms with Crippen molar-refractivity contribution in [2.45, 2.75) is 45.1 Å². The van der Waals surface area contributed by atoms with E-state index in [4.69, 9.17) is 0 Å². The maximum absolute atomic E-state index is 12.4. The normalized spacial score (nSPS) is 22.8. The molecule has 112 valence electrons. The zero-order valence-electron chi connectivity index (χ0n) is 12.5. The summed E-state index contributed by atoms with van der Waals surface area (Å²) in [7, 11) is 0. The molecule has 4 heteroatoms. The van der Waals surface area contributed by atoms with E-state index >= 15 is 0 Å². The van der Waals surface area contributed by atoms with Crippen molar-refractivity contribution in [3.63, 3.8) is 0 Å². The smallest absolute Gasteiger partial charge is 0.229 e. The predicted molar refractivity (Wildman–Crippen MR) is 81.9 cm³/mol. The van der Waals surface area contributed by atoms with E-state index in [1.54, 1.807) is 0 Å². The summed E-state index contributed by atoms with van der Waals surface area (Å²) in [6.07, 6.45) is 4.95. The number of amides is 2. The molecule has 1 heterocycles. The Hall–Kier alpha value is -1.84. The van der Waals surface area contributed by atoms with E-state index < -0.39 is 0 Å². The Kier molecular flexibility index (Phi) is 3.95. The molecule has 2 amide bonds. The summed E-state index contributed by atoms with van der Waals surface area (Å²) in [5.74, 6) is -0.0947. The highest BCUT2D eigenvalue weighted by Gasteiger charge is 2.38. The first kappa shape index (κ1) is 14.1. The zero-order chi connectivity index (χ0) is 14.8. The molecule has 2 aliphatic rings. The largest absolute Gasteiger partial charge is 0.339 e. The van der Waals surface area contributed by atoms with Crippen LogP contribution >= 0.6 is 0 Å². The van der Waals surface area contributed by atoms with Crippen LogP contribution in [-0.4, -0.2) is 29.3 Å². The Labute approximate surface area is 125 Å². The maximum atomic E-state index is 12.4. The number of nitrogens with one attached hydrogen (secondary N) is 1. The van der Waals surface area contributed by atoms with Crippen LogP contribution in [0.25, 0.3) is 0 Å². The highest BCUT2D eigenvalue weighted by molar-refractivity contribution is 5.97. The van der Waals surface area contributed by atoms with E-state index in [2.05, 4.69) is 5.32 Å². The van der Waals surface area contributed by atoms with E-state index in [9.17, 15) is 9.59 Å². The molecule has 0 bridgehead atoms. The first-order valence-corrected chi connectivity index (χ1v) is 7.81. The van der Waals surface area contributed by atoms with Crippen molar-refractivity contribution in [3.8, 4) is 0 Å². The van der Waals surface area contributed by atoms with Gasteiger partial charge in [0.2, 0.25) is 11.8 Å². The van der Waals surface area contributed by atoms with Gasteiger partial charge in [0, 0.05) is 24.7 Å². The van der Waals surface area contributed by atoms with E-state index in [0.717, 1.165) is 24.1 Å². The van der Waals surface area contributed by atoms with E-state index in [-0.39, 0.29) is 17.7 Å². The molecular formula is C17H22N2O2. The summed E-state index contributed by atoms with van der Waals surface area (Å²) in [6, 6.07) is 8.10. The number of para-hydroxylation sites is 1. The summed E-state index contributed by atoms with van der Waals surface area (Å²) in [4.78, 5) is 26.5. The third-order valence-electron chi connectivity index (χ3n) is 4.70. The van der Waals surface area contributed by atoms with Crippen LogP contribution in [0, 0.1) is 12.8 Å². The van der Waals surface area contributed by atoms with Crippen molar-refractivity contribution in [2.75, 3.05) is 11.9 Å². The molecular weight excluding hydrogens is 264 g/mol. The van der Waals surface area contributed by atoms with E-state index in [0.29, 0.717) is 19.0 Å². The van der Waals surface area contributed by atoms with Crippen LogP contribution < -0.4 is 5.32 Å². The molecule has 4 nitrogen and oxygen atoms in total. The lowest BCUT2D eigenvalue weighted by Gasteiger charge is -2.23. The zero-order valence-corrected chi connectivity index (χ0v) is 12.5. The molecule has 1 aliphatic heterocycles. The first-order valence-electron chi connectivity index (χ1n) is 7.81. The second-order valence-corrected chi connectivity index (χ2v) is 6.19. The Morgan fingerprint density at radius 1 is 1.24 bits per heavy atom. The first-order chi connectivity index (χ1) is 10.1. The number of hydrogen-bond acceptors (Lipinski definition) is 2. The number of benzene rings is 1. The minimum atomic E-state index is -0.210. The lowest BCUT2D eigenvalue weighted by molar-refractivity contribution is -0.129. The van der Waals surface area contributed by atoms with Gasteiger partial charge in [0.05, 0.1) is 5.92 Å². The van der Waals surface area contributed by atoms with Gasteiger partial charge >= 0.3 is 0 Å². The van der Waals surface area contributed by atoms with Crippen molar-refractivity contribution >= 4 is 17.5 Å². The second-order valence-electron chi connectivity index (χ2n) is 6.19. The Bertz CT molecular complexity index is 549. The van der Waals surface area contributed by atoms with Crippen LogP contribution in [-0.2, 0) is 9.59 Å². The van der Waals surface area contributed by atoms with Gasteiger partial charge in [0.1, 0.15) is 0 Å². The van der Waals surface area contributed by atoms with Crippen LogP contribution in [0.4, 0.5) is 5.69 Å². The molecule has 21 heavy (non-hydrogen) atoms. The number of anilines is 1. The van der Waals surface area contributed by atoms with Crippen LogP contribution in [0.5, 0.6) is 0 Å². The molecule has 0 aromatic heterocycles. The van der Waals surface area contributed by atoms with Crippen LogP contribution in [0.3, 0.4) is 0 Å². The van der Waals surface area contributed by atoms with Crippen molar-refractivity contribution in [1.29, 1.82) is 0 Å². The number of likely N-dealkylation sites (tertiary alicyclic amines) is 1. The quantitative estimate of drug-likeness (QED) is 0.929. The average Bonchev–Trinajstić information content (AvgIpc) is 3.10. The molecule has 1 N–H and O–H groups in total. The molecule has 1 saturated carbocycles. The Morgan fingerprint density at radius 3 is 2.67 bits per heavy atom. The number of carbonyl (C=O) groups excluding carboxylic acids is 2. The number of rotatable bonds is 3. The fourth-order valence-corrected chi connectivity index (χ4v) is 3.42. The fourth-order valence-electron chi connectivity index (χ4n) is 3.42. The molecule has 0 radical (unpaired) electrons. The van der Waals surface area contributed by atoms with Gasteiger partial charge in [0.15, 0.2) is 0 Å². The SMILES string of the molecule is Cc1ccccc1NC(=O)C1CC(=O)N(C2CCCC2)C1. The van der Waals surface area contributed by atoms with Crippen molar-refractivity contribution in [2.24, 2.45) is 5.92 Å².